The van der Waals surface area contributed by atoms with Gasteiger partial charge in [0, 0.05) is 18.2 Å². The average molecular weight is 288 g/mol. The number of hydrogen-bond donors (Lipinski definition) is 1. The molecule has 0 fully saturated rings. The molecule has 0 aliphatic rings. The van der Waals surface area contributed by atoms with Gasteiger partial charge in [-0.1, -0.05) is 0 Å². The van der Waals surface area contributed by atoms with Crippen LogP contribution in [0.1, 0.15) is 18.1 Å². The van der Waals surface area contributed by atoms with E-state index in [0.717, 1.165) is 12.1 Å². The molecule has 0 saturated heterocycles. The summed E-state index contributed by atoms with van der Waals surface area (Å²) in [6.07, 6.45) is 1.38. The lowest BCUT2D eigenvalue weighted by atomic mass is 10.1. The summed E-state index contributed by atoms with van der Waals surface area (Å²) in [5, 5.41) is 14.0. The molecule has 0 aliphatic carbocycles. The van der Waals surface area contributed by atoms with Crippen molar-refractivity contribution in [2.24, 2.45) is 0 Å². The molecule has 0 spiro atoms. The van der Waals surface area contributed by atoms with E-state index in [9.17, 15) is 10.1 Å². The number of nitro benzene ring substituents is 1. The Morgan fingerprint density at radius 3 is 2.67 bits per heavy atom. The fraction of sp³-hybridized carbons (Fsp3) is 0.286. The van der Waals surface area contributed by atoms with Crippen molar-refractivity contribution in [3.8, 4) is 11.6 Å². The second-order valence-electron chi connectivity index (χ2n) is 4.54. The second-order valence-corrected chi connectivity index (χ2v) is 4.54. The number of nitrogens with one attached hydrogen (secondary N) is 1. The SMILES string of the molecule is CCNc1cc(Oc2cc([N+](=O)[O-])c(C)cc2C)ncn1. The third-order valence-electron chi connectivity index (χ3n) is 2.90. The van der Waals surface area contributed by atoms with E-state index in [4.69, 9.17) is 4.74 Å². The van der Waals surface area contributed by atoms with Crippen LogP contribution in [0.5, 0.6) is 11.6 Å². The number of hydrogen-bond acceptors (Lipinski definition) is 6. The number of aromatic nitrogens is 2. The normalized spacial score (nSPS) is 10.2. The molecule has 0 aliphatic heterocycles. The van der Waals surface area contributed by atoms with Crippen LogP contribution in [-0.2, 0) is 0 Å². The van der Waals surface area contributed by atoms with Gasteiger partial charge in [0.2, 0.25) is 5.88 Å². The van der Waals surface area contributed by atoms with Gasteiger partial charge in [0.15, 0.2) is 0 Å². The number of ether oxygens (including phenoxy) is 1. The molecule has 110 valence electrons. The molecular weight excluding hydrogens is 272 g/mol. The topological polar surface area (TPSA) is 90.2 Å². The van der Waals surface area contributed by atoms with E-state index in [1.54, 1.807) is 19.1 Å². The Kier molecular flexibility index (Phi) is 4.32. The Morgan fingerprint density at radius 1 is 1.24 bits per heavy atom. The first-order valence-electron chi connectivity index (χ1n) is 6.50. The first kappa shape index (κ1) is 14.7. The van der Waals surface area contributed by atoms with Gasteiger partial charge in [0.25, 0.3) is 5.69 Å². The van der Waals surface area contributed by atoms with E-state index in [-0.39, 0.29) is 5.69 Å². The van der Waals surface area contributed by atoms with Crippen molar-refractivity contribution in [3.63, 3.8) is 0 Å². The molecule has 21 heavy (non-hydrogen) atoms. The monoisotopic (exact) mass is 288 g/mol. The minimum Gasteiger partial charge on any atom is -0.438 e. The molecular formula is C14H16N4O3. The second kappa shape index (κ2) is 6.17. The Labute approximate surface area is 122 Å². The van der Waals surface area contributed by atoms with Gasteiger partial charge in [-0.05, 0) is 32.4 Å². The van der Waals surface area contributed by atoms with Crippen LogP contribution in [0.3, 0.4) is 0 Å². The molecule has 0 atom stereocenters. The molecule has 2 aromatic rings. The molecule has 0 amide bonds. The molecule has 0 radical (unpaired) electrons. The highest BCUT2D eigenvalue weighted by Crippen LogP contribution is 2.31. The molecule has 2 rings (SSSR count). The van der Waals surface area contributed by atoms with Gasteiger partial charge < -0.3 is 10.1 Å². The third-order valence-corrected chi connectivity index (χ3v) is 2.90. The summed E-state index contributed by atoms with van der Waals surface area (Å²) in [5.41, 5.74) is 1.43. The molecule has 0 unspecified atom stereocenters. The van der Waals surface area contributed by atoms with Crippen molar-refractivity contribution in [1.82, 2.24) is 9.97 Å². The Morgan fingerprint density at radius 2 is 2.00 bits per heavy atom. The van der Waals surface area contributed by atoms with Crippen molar-refractivity contribution in [3.05, 3.63) is 45.8 Å². The Balaban J connectivity index is 2.33. The van der Waals surface area contributed by atoms with E-state index >= 15 is 0 Å². The van der Waals surface area contributed by atoms with Crippen LogP contribution in [0.2, 0.25) is 0 Å². The fourth-order valence-electron chi connectivity index (χ4n) is 1.91. The van der Waals surface area contributed by atoms with Crippen LogP contribution in [0.25, 0.3) is 0 Å². The highest BCUT2D eigenvalue weighted by molar-refractivity contribution is 5.51. The van der Waals surface area contributed by atoms with E-state index in [2.05, 4.69) is 15.3 Å². The molecule has 0 bridgehead atoms. The van der Waals surface area contributed by atoms with Crippen LogP contribution in [0, 0.1) is 24.0 Å². The molecule has 0 saturated carbocycles. The first-order chi connectivity index (χ1) is 10.0. The summed E-state index contributed by atoms with van der Waals surface area (Å²) < 4.78 is 5.65. The van der Waals surface area contributed by atoms with E-state index in [0.29, 0.717) is 23.0 Å². The van der Waals surface area contributed by atoms with Crippen molar-refractivity contribution < 1.29 is 9.66 Å². The summed E-state index contributed by atoms with van der Waals surface area (Å²) in [7, 11) is 0. The zero-order valence-electron chi connectivity index (χ0n) is 12.1. The van der Waals surface area contributed by atoms with Gasteiger partial charge in [-0.25, -0.2) is 9.97 Å². The van der Waals surface area contributed by atoms with Gasteiger partial charge in [0.1, 0.15) is 17.9 Å². The maximum atomic E-state index is 11.0. The van der Waals surface area contributed by atoms with E-state index in [1.807, 2.05) is 13.8 Å². The lowest BCUT2D eigenvalue weighted by molar-refractivity contribution is -0.385. The van der Waals surface area contributed by atoms with Crippen LogP contribution in [0.15, 0.2) is 24.5 Å². The van der Waals surface area contributed by atoms with Crippen molar-refractivity contribution in [1.29, 1.82) is 0 Å². The maximum Gasteiger partial charge on any atom is 0.276 e. The number of anilines is 1. The minimum atomic E-state index is -0.425. The average Bonchev–Trinajstić information content (AvgIpc) is 2.42. The lowest BCUT2D eigenvalue weighted by Crippen LogP contribution is -2.01. The number of benzene rings is 1. The summed E-state index contributed by atoms with van der Waals surface area (Å²) in [4.78, 5) is 18.6. The van der Waals surface area contributed by atoms with Crippen LogP contribution >= 0.6 is 0 Å². The first-order valence-corrected chi connectivity index (χ1v) is 6.50. The standard InChI is InChI=1S/C14H16N4O3/c1-4-15-13-7-14(17-8-16-13)21-12-6-11(18(19)20)9(2)5-10(12)3/h5-8H,4H2,1-3H3,(H,15,16,17). The summed E-state index contributed by atoms with van der Waals surface area (Å²) in [6, 6.07) is 4.79. The van der Waals surface area contributed by atoms with Gasteiger partial charge in [-0.3, -0.25) is 10.1 Å². The molecule has 7 nitrogen and oxygen atoms in total. The minimum absolute atomic E-state index is 0.0246. The molecule has 1 aromatic heterocycles. The van der Waals surface area contributed by atoms with Crippen molar-refractivity contribution in [2.75, 3.05) is 11.9 Å². The lowest BCUT2D eigenvalue weighted by Gasteiger charge is -2.10. The van der Waals surface area contributed by atoms with Crippen LogP contribution < -0.4 is 10.1 Å². The fourth-order valence-corrected chi connectivity index (χ4v) is 1.91. The van der Waals surface area contributed by atoms with Gasteiger partial charge in [-0.2, -0.15) is 0 Å². The van der Waals surface area contributed by atoms with Crippen LogP contribution in [0.4, 0.5) is 11.5 Å². The predicted octanol–water partition coefficient (Wildman–Crippen LogP) is 3.23. The molecule has 1 N–H and O–H groups in total. The largest absolute Gasteiger partial charge is 0.438 e. The highest BCUT2D eigenvalue weighted by atomic mass is 16.6. The Hall–Kier alpha value is -2.70. The van der Waals surface area contributed by atoms with E-state index in [1.165, 1.54) is 12.4 Å². The zero-order valence-corrected chi connectivity index (χ0v) is 12.1. The summed E-state index contributed by atoms with van der Waals surface area (Å²) >= 11 is 0. The predicted molar refractivity (Wildman–Crippen MR) is 78.8 cm³/mol. The van der Waals surface area contributed by atoms with Crippen molar-refractivity contribution >= 4 is 11.5 Å². The molecule has 1 heterocycles. The highest BCUT2D eigenvalue weighted by Gasteiger charge is 2.15. The Bertz CT molecular complexity index is 673. The maximum absolute atomic E-state index is 11.0. The zero-order chi connectivity index (χ0) is 15.4. The summed E-state index contributed by atoms with van der Waals surface area (Å²) in [6.45, 7) is 6.21. The smallest absolute Gasteiger partial charge is 0.276 e. The number of nitrogens with zero attached hydrogens (tertiary/aromatic N) is 3. The van der Waals surface area contributed by atoms with Gasteiger partial charge in [0.05, 0.1) is 11.0 Å². The van der Waals surface area contributed by atoms with Gasteiger partial charge in [-0.15, -0.1) is 0 Å². The number of nitro groups is 1. The molecule has 1 aromatic carbocycles. The summed E-state index contributed by atoms with van der Waals surface area (Å²) in [5.74, 6) is 1.39. The van der Waals surface area contributed by atoms with E-state index < -0.39 is 4.92 Å². The quantitative estimate of drug-likeness (QED) is 0.671. The van der Waals surface area contributed by atoms with Gasteiger partial charge >= 0.3 is 0 Å². The third kappa shape index (κ3) is 3.44. The van der Waals surface area contributed by atoms with Crippen molar-refractivity contribution in [2.45, 2.75) is 20.8 Å². The van der Waals surface area contributed by atoms with Crippen LogP contribution in [-0.4, -0.2) is 21.4 Å². The number of aryl methyl sites for hydroxylation is 2. The number of rotatable bonds is 5. The molecule has 7 heteroatoms.